The maximum atomic E-state index is 9.28. The van der Waals surface area contributed by atoms with Gasteiger partial charge < -0.3 is 10.2 Å². The Morgan fingerprint density at radius 1 is 1.33 bits per heavy atom. The second-order valence-electron chi connectivity index (χ2n) is 6.23. The highest BCUT2D eigenvalue weighted by Crippen LogP contribution is 2.19. The van der Waals surface area contributed by atoms with Crippen LogP contribution in [0.1, 0.15) is 43.1 Å². The van der Waals surface area contributed by atoms with Crippen molar-refractivity contribution < 1.29 is 0 Å². The van der Waals surface area contributed by atoms with E-state index < -0.39 is 0 Å². The Bertz CT molecular complexity index is 512. The molecule has 1 aromatic heterocycles. The van der Waals surface area contributed by atoms with Gasteiger partial charge in [-0.15, -0.1) is 0 Å². The molecule has 1 saturated heterocycles. The summed E-state index contributed by atoms with van der Waals surface area (Å²) in [4.78, 5) is 6.91. The van der Waals surface area contributed by atoms with Crippen molar-refractivity contribution in [3.8, 4) is 6.07 Å². The fourth-order valence-corrected chi connectivity index (χ4v) is 3.04. The lowest BCUT2D eigenvalue weighted by Gasteiger charge is -2.29. The van der Waals surface area contributed by atoms with Gasteiger partial charge in [0.15, 0.2) is 0 Å². The van der Waals surface area contributed by atoms with Crippen LogP contribution in [0.3, 0.4) is 0 Å². The Labute approximate surface area is 128 Å². The van der Waals surface area contributed by atoms with Gasteiger partial charge in [0, 0.05) is 18.8 Å². The number of hydrogen-bond donors (Lipinski definition) is 1. The van der Waals surface area contributed by atoms with E-state index in [1.54, 1.807) is 0 Å². The van der Waals surface area contributed by atoms with Gasteiger partial charge in [-0.25, -0.2) is 0 Å². The van der Waals surface area contributed by atoms with Crippen molar-refractivity contribution in [2.75, 3.05) is 31.5 Å². The second-order valence-corrected chi connectivity index (χ2v) is 6.23. The molecule has 4 nitrogen and oxygen atoms in total. The molecule has 2 heterocycles. The number of nitriles is 1. The van der Waals surface area contributed by atoms with E-state index in [1.807, 2.05) is 19.9 Å². The molecule has 0 saturated carbocycles. The van der Waals surface area contributed by atoms with Crippen LogP contribution in [0.5, 0.6) is 0 Å². The van der Waals surface area contributed by atoms with E-state index in [4.69, 9.17) is 0 Å². The Morgan fingerprint density at radius 3 is 2.71 bits per heavy atom. The average molecular weight is 286 g/mol. The van der Waals surface area contributed by atoms with Crippen LogP contribution in [0, 0.1) is 31.1 Å². The lowest BCUT2D eigenvalue weighted by Crippen LogP contribution is -2.35. The van der Waals surface area contributed by atoms with E-state index in [0.717, 1.165) is 30.2 Å². The molecule has 4 heteroatoms. The predicted octanol–water partition coefficient (Wildman–Crippen LogP) is 3.10. The van der Waals surface area contributed by atoms with E-state index in [-0.39, 0.29) is 0 Å². The molecule has 1 fully saturated rings. The molecule has 0 amide bonds. The number of anilines is 1. The van der Waals surface area contributed by atoms with Gasteiger partial charge in [-0.2, -0.15) is 5.26 Å². The van der Waals surface area contributed by atoms with Crippen molar-refractivity contribution in [1.82, 2.24) is 9.88 Å². The van der Waals surface area contributed by atoms with Crippen molar-refractivity contribution in [2.45, 2.75) is 40.0 Å². The normalized spacial score (nSPS) is 17.2. The smallest absolute Gasteiger partial charge is 0.103 e. The van der Waals surface area contributed by atoms with Crippen LogP contribution < -0.4 is 5.32 Å². The highest BCUT2D eigenvalue weighted by Gasteiger charge is 2.14. The first-order valence-corrected chi connectivity index (χ1v) is 7.94. The molecule has 0 radical (unpaired) electrons. The van der Waals surface area contributed by atoms with E-state index in [1.165, 1.54) is 32.4 Å². The molecule has 1 aliphatic heterocycles. The first-order valence-electron chi connectivity index (χ1n) is 7.94. The second kappa shape index (κ2) is 7.42. The van der Waals surface area contributed by atoms with E-state index >= 15 is 0 Å². The molecular formula is C17H26N4. The highest BCUT2D eigenvalue weighted by atomic mass is 15.1. The average Bonchev–Trinajstić information content (AvgIpc) is 2.45. The molecule has 0 spiro atoms. The molecular weight excluding hydrogens is 260 g/mol. The first-order chi connectivity index (χ1) is 10.1. The van der Waals surface area contributed by atoms with Crippen molar-refractivity contribution in [3.05, 3.63) is 23.0 Å². The van der Waals surface area contributed by atoms with Crippen LogP contribution in [-0.2, 0) is 0 Å². The molecule has 1 atom stereocenters. The Hall–Kier alpha value is -1.60. The summed E-state index contributed by atoms with van der Waals surface area (Å²) in [5.74, 6) is 0.573. The molecule has 114 valence electrons. The maximum absolute atomic E-state index is 9.28. The van der Waals surface area contributed by atoms with Crippen LogP contribution in [0.4, 0.5) is 5.69 Å². The van der Waals surface area contributed by atoms with Crippen molar-refractivity contribution in [1.29, 1.82) is 5.26 Å². The summed E-state index contributed by atoms with van der Waals surface area (Å²) in [5, 5.41) is 12.7. The van der Waals surface area contributed by atoms with Gasteiger partial charge in [-0.05, 0) is 51.8 Å². The third-order valence-electron chi connectivity index (χ3n) is 4.10. The molecule has 1 N–H and O–H groups in total. The summed E-state index contributed by atoms with van der Waals surface area (Å²) in [6.45, 7) is 10.6. The van der Waals surface area contributed by atoms with Gasteiger partial charge in [-0.3, -0.25) is 4.98 Å². The summed E-state index contributed by atoms with van der Waals surface area (Å²) in [5.41, 5.74) is 3.36. The van der Waals surface area contributed by atoms with Gasteiger partial charge >= 0.3 is 0 Å². The summed E-state index contributed by atoms with van der Waals surface area (Å²) in [6.07, 6.45) is 4.05. The first kappa shape index (κ1) is 15.8. The number of likely N-dealkylation sites (tertiary alicyclic amines) is 1. The molecule has 1 unspecified atom stereocenters. The fraction of sp³-hybridized carbons (Fsp3) is 0.647. The minimum absolute atomic E-state index is 0.573. The molecule has 21 heavy (non-hydrogen) atoms. The number of hydrogen-bond acceptors (Lipinski definition) is 4. The third-order valence-corrected chi connectivity index (χ3v) is 4.10. The summed E-state index contributed by atoms with van der Waals surface area (Å²) in [6, 6.07) is 4.23. The number of pyridine rings is 1. The zero-order valence-corrected chi connectivity index (χ0v) is 13.4. The van der Waals surface area contributed by atoms with Crippen molar-refractivity contribution >= 4 is 5.69 Å². The lowest BCUT2D eigenvalue weighted by atomic mass is 10.1. The SMILES string of the molecule is Cc1cc(NCC(C)CN2CCCCC2)c(C#N)c(C)n1. The van der Waals surface area contributed by atoms with Gasteiger partial charge in [0.1, 0.15) is 6.07 Å². The quantitative estimate of drug-likeness (QED) is 0.903. The van der Waals surface area contributed by atoms with Crippen molar-refractivity contribution in [3.63, 3.8) is 0 Å². The summed E-state index contributed by atoms with van der Waals surface area (Å²) >= 11 is 0. The highest BCUT2D eigenvalue weighted by molar-refractivity contribution is 5.59. The maximum Gasteiger partial charge on any atom is 0.103 e. The number of nitrogens with one attached hydrogen (secondary N) is 1. The van der Waals surface area contributed by atoms with Crippen LogP contribution >= 0.6 is 0 Å². The van der Waals surface area contributed by atoms with E-state index in [9.17, 15) is 5.26 Å². The monoisotopic (exact) mass is 286 g/mol. The largest absolute Gasteiger partial charge is 0.384 e. The Balaban J connectivity index is 1.91. The van der Waals surface area contributed by atoms with Crippen LogP contribution in [0.25, 0.3) is 0 Å². The van der Waals surface area contributed by atoms with Gasteiger partial charge in [0.25, 0.3) is 0 Å². The minimum Gasteiger partial charge on any atom is -0.384 e. The predicted molar refractivity (Wildman–Crippen MR) is 86.4 cm³/mol. The van der Waals surface area contributed by atoms with Crippen molar-refractivity contribution in [2.24, 2.45) is 5.92 Å². The molecule has 2 rings (SSSR count). The minimum atomic E-state index is 0.573. The number of nitrogens with zero attached hydrogens (tertiary/aromatic N) is 3. The molecule has 0 aliphatic carbocycles. The van der Waals surface area contributed by atoms with Crippen LogP contribution in [0.2, 0.25) is 0 Å². The zero-order valence-electron chi connectivity index (χ0n) is 13.4. The van der Waals surface area contributed by atoms with E-state index in [2.05, 4.69) is 28.2 Å². The number of piperidine rings is 1. The molecule has 1 aliphatic rings. The molecule has 1 aromatic rings. The summed E-state index contributed by atoms with van der Waals surface area (Å²) < 4.78 is 0. The topological polar surface area (TPSA) is 52.0 Å². The number of aromatic nitrogens is 1. The number of rotatable bonds is 5. The Kier molecular flexibility index (Phi) is 5.58. The Morgan fingerprint density at radius 2 is 2.05 bits per heavy atom. The lowest BCUT2D eigenvalue weighted by molar-refractivity contribution is 0.204. The van der Waals surface area contributed by atoms with Crippen LogP contribution in [-0.4, -0.2) is 36.1 Å². The molecule has 0 aromatic carbocycles. The van der Waals surface area contributed by atoms with Crippen LogP contribution in [0.15, 0.2) is 6.07 Å². The summed E-state index contributed by atoms with van der Waals surface area (Å²) in [7, 11) is 0. The van der Waals surface area contributed by atoms with Gasteiger partial charge in [-0.1, -0.05) is 13.3 Å². The van der Waals surface area contributed by atoms with Gasteiger partial charge in [0.05, 0.1) is 16.9 Å². The third kappa shape index (κ3) is 4.44. The number of aryl methyl sites for hydroxylation is 2. The van der Waals surface area contributed by atoms with Gasteiger partial charge in [0.2, 0.25) is 0 Å². The molecule has 0 bridgehead atoms. The van der Waals surface area contributed by atoms with E-state index in [0.29, 0.717) is 11.5 Å². The zero-order chi connectivity index (χ0) is 15.2. The fourth-order valence-electron chi connectivity index (χ4n) is 3.04. The standard InChI is InChI=1S/C17H26N4/c1-13(12-21-7-5-4-6-8-21)11-19-17-9-14(2)20-15(3)16(17)10-18/h9,13H,4-8,11-12H2,1-3H3,(H,19,20).